The third-order valence-electron chi connectivity index (χ3n) is 4.52. The number of hydrogen-bond acceptors (Lipinski definition) is 5. The SMILES string of the molecule is Cc1cnc(C(=O)N2CCC[C@@H]2c2ccc(C(=O)Nc3cccnc3)s2)[nH]1. The maximum absolute atomic E-state index is 12.8. The number of carbonyl (C=O) groups is 2. The van der Waals surface area contributed by atoms with Crippen molar-refractivity contribution in [2.45, 2.75) is 25.8 Å². The summed E-state index contributed by atoms with van der Waals surface area (Å²) in [7, 11) is 0. The van der Waals surface area contributed by atoms with Crippen molar-refractivity contribution in [3.05, 3.63) is 64.1 Å². The summed E-state index contributed by atoms with van der Waals surface area (Å²) in [5.41, 5.74) is 1.52. The molecule has 2 N–H and O–H groups in total. The van der Waals surface area contributed by atoms with E-state index in [0.717, 1.165) is 23.4 Å². The van der Waals surface area contributed by atoms with Crippen molar-refractivity contribution in [1.82, 2.24) is 19.9 Å². The fourth-order valence-corrected chi connectivity index (χ4v) is 4.30. The van der Waals surface area contributed by atoms with Crippen LogP contribution in [-0.2, 0) is 0 Å². The topological polar surface area (TPSA) is 91.0 Å². The van der Waals surface area contributed by atoms with E-state index in [-0.39, 0.29) is 17.9 Å². The molecular formula is C19H19N5O2S. The molecule has 1 aliphatic rings. The fourth-order valence-electron chi connectivity index (χ4n) is 3.25. The molecule has 27 heavy (non-hydrogen) atoms. The molecule has 4 rings (SSSR count). The highest BCUT2D eigenvalue weighted by molar-refractivity contribution is 7.14. The Hall–Kier alpha value is -3.00. The third-order valence-corrected chi connectivity index (χ3v) is 5.70. The van der Waals surface area contributed by atoms with E-state index < -0.39 is 0 Å². The second-order valence-electron chi connectivity index (χ2n) is 6.47. The molecule has 0 spiro atoms. The zero-order valence-corrected chi connectivity index (χ0v) is 15.6. The number of H-pyrrole nitrogens is 1. The van der Waals surface area contributed by atoms with Crippen molar-refractivity contribution < 1.29 is 9.59 Å². The molecule has 3 aromatic rings. The summed E-state index contributed by atoms with van der Waals surface area (Å²) in [6.45, 7) is 2.57. The number of hydrogen-bond donors (Lipinski definition) is 2. The summed E-state index contributed by atoms with van der Waals surface area (Å²) in [4.78, 5) is 39.9. The molecule has 1 aliphatic heterocycles. The lowest BCUT2D eigenvalue weighted by molar-refractivity contribution is 0.0726. The molecule has 2 amide bonds. The Balaban J connectivity index is 1.50. The summed E-state index contributed by atoms with van der Waals surface area (Å²) in [5, 5.41) is 2.84. The molecule has 7 nitrogen and oxygen atoms in total. The number of anilines is 1. The van der Waals surface area contributed by atoms with Crippen LogP contribution >= 0.6 is 11.3 Å². The van der Waals surface area contributed by atoms with Crippen molar-refractivity contribution >= 4 is 28.8 Å². The summed E-state index contributed by atoms with van der Waals surface area (Å²) < 4.78 is 0. The highest BCUT2D eigenvalue weighted by atomic mass is 32.1. The molecule has 0 radical (unpaired) electrons. The van der Waals surface area contributed by atoms with Gasteiger partial charge < -0.3 is 15.2 Å². The van der Waals surface area contributed by atoms with Crippen LogP contribution in [-0.4, -0.2) is 38.2 Å². The molecule has 4 heterocycles. The first-order valence-electron chi connectivity index (χ1n) is 8.75. The quantitative estimate of drug-likeness (QED) is 0.725. The molecule has 8 heteroatoms. The minimum Gasteiger partial charge on any atom is -0.338 e. The molecule has 0 saturated carbocycles. The van der Waals surface area contributed by atoms with Crippen molar-refractivity contribution in [2.24, 2.45) is 0 Å². The van der Waals surface area contributed by atoms with Crippen LogP contribution in [0.1, 0.15) is 49.7 Å². The molecule has 1 atom stereocenters. The number of thiophene rings is 1. The van der Waals surface area contributed by atoms with Crippen molar-refractivity contribution in [3.8, 4) is 0 Å². The second-order valence-corrected chi connectivity index (χ2v) is 7.58. The highest BCUT2D eigenvalue weighted by Crippen LogP contribution is 2.36. The second kappa shape index (κ2) is 7.32. The van der Waals surface area contributed by atoms with Gasteiger partial charge in [-0.2, -0.15) is 0 Å². The largest absolute Gasteiger partial charge is 0.338 e. The summed E-state index contributed by atoms with van der Waals surface area (Å²) in [5.74, 6) is 0.0997. The van der Waals surface area contributed by atoms with Gasteiger partial charge in [0, 0.05) is 29.5 Å². The van der Waals surface area contributed by atoms with Gasteiger partial charge >= 0.3 is 0 Å². The van der Waals surface area contributed by atoms with Gasteiger partial charge in [-0.3, -0.25) is 14.6 Å². The van der Waals surface area contributed by atoms with E-state index >= 15 is 0 Å². The lowest BCUT2D eigenvalue weighted by atomic mass is 10.2. The van der Waals surface area contributed by atoms with E-state index in [1.165, 1.54) is 11.3 Å². The number of pyridine rings is 1. The Kier molecular flexibility index (Phi) is 4.72. The van der Waals surface area contributed by atoms with Gasteiger partial charge in [-0.15, -0.1) is 11.3 Å². The first-order valence-corrected chi connectivity index (χ1v) is 9.57. The van der Waals surface area contributed by atoms with Gasteiger partial charge in [0.2, 0.25) is 0 Å². The lowest BCUT2D eigenvalue weighted by Gasteiger charge is -2.22. The molecule has 0 aliphatic carbocycles. The monoisotopic (exact) mass is 381 g/mol. The number of rotatable bonds is 4. The van der Waals surface area contributed by atoms with Gasteiger partial charge in [0.1, 0.15) is 0 Å². The fraction of sp³-hybridized carbons (Fsp3) is 0.263. The van der Waals surface area contributed by atoms with Crippen molar-refractivity contribution in [2.75, 3.05) is 11.9 Å². The predicted octanol–water partition coefficient (Wildman–Crippen LogP) is 3.40. The number of nitrogens with one attached hydrogen (secondary N) is 2. The maximum Gasteiger partial charge on any atom is 0.290 e. The molecule has 3 aromatic heterocycles. The van der Waals surface area contributed by atoms with Crippen LogP contribution in [0.5, 0.6) is 0 Å². The van der Waals surface area contributed by atoms with Gasteiger partial charge in [-0.1, -0.05) is 0 Å². The number of aromatic amines is 1. The Morgan fingerprint density at radius 1 is 1.30 bits per heavy atom. The van der Waals surface area contributed by atoms with Gasteiger partial charge in [-0.25, -0.2) is 4.98 Å². The molecule has 1 saturated heterocycles. The Morgan fingerprint density at radius 3 is 2.93 bits per heavy atom. The number of nitrogens with zero attached hydrogens (tertiary/aromatic N) is 3. The number of likely N-dealkylation sites (tertiary alicyclic amines) is 1. The molecular weight excluding hydrogens is 362 g/mol. The number of imidazole rings is 1. The van der Waals surface area contributed by atoms with Crippen LogP contribution in [0, 0.1) is 6.92 Å². The van der Waals surface area contributed by atoms with Crippen LogP contribution in [0.25, 0.3) is 0 Å². The third kappa shape index (κ3) is 3.61. The van der Waals surface area contributed by atoms with Crippen LogP contribution in [0.4, 0.5) is 5.69 Å². The predicted molar refractivity (Wildman–Crippen MR) is 103 cm³/mol. The van der Waals surface area contributed by atoms with Crippen LogP contribution in [0.2, 0.25) is 0 Å². The van der Waals surface area contributed by atoms with Gasteiger partial charge in [0.15, 0.2) is 5.82 Å². The minimum absolute atomic E-state index is 0.0205. The zero-order chi connectivity index (χ0) is 18.8. The van der Waals surface area contributed by atoms with E-state index in [1.54, 1.807) is 30.7 Å². The summed E-state index contributed by atoms with van der Waals surface area (Å²) in [6, 6.07) is 7.29. The number of carbonyl (C=O) groups excluding carboxylic acids is 2. The van der Waals surface area contributed by atoms with Gasteiger partial charge in [0.05, 0.1) is 22.8 Å². The average molecular weight is 381 g/mol. The first-order chi connectivity index (χ1) is 13.1. The van der Waals surface area contributed by atoms with Crippen molar-refractivity contribution in [1.29, 1.82) is 0 Å². The minimum atomic E-state index is -0.170. The normalized spacial score (nSPS) is 16.5. The van der Waals surface area contributed by atoms with E-state index in [2.05, 4.69) is 20.3 Å². The van der Waals surface area contributed by atoms with E-state index in [1.807, 2.05) is 24.0 Å². The molecule has 138 valence electrons. The van der Waals surface area contributed by atoms with Gasteiger partial charge in [0.25, 0.3) is 11.8 Å². The molecule has 1 fully saturated rings. The average Bonchev–Trinajstić information content (AvgIpc) is 3.41. The molecule has 0 bridgehead atoms. The van der Waals surface area contributed by atoms with Crippen molar-refractivity contribution in [3.63, 3.8) is 0 Å². The summed E-state index contributed by atoms with van der Waals surface area (Å²) >= 11 is 1.42. The molecule has 0 unspecified atom stereocenters. The van der Waals surface area contributed by atoms with Gasteiger partial charge in [-0.05, 0) is 44.0 Å². The smallest absolute Gasteiger partial charge is 0.290 e. The Bertz CT molecular complexity index is 965. The zero-order valence-electron chi connectivity index (χ0n) is 14.8. The number of aromatic nitrogens is 3. The van der Waals surface area contributed by atoms with E-state index in [9.17, 15) is 9.59 Å². The lowest BCUT2D eigenvalue weighted by Crippen LogP contribution is -2.31. The van der Waals surface area contributed by atoms with E-state index in [4.69, 9.17) is 0 Å². The maximum atomic E-state index is 12.8. The van der Waals surface area contributed by atoms with E-state index in [0.29, 0.717) is 22.9 Å². The Labute approximate surface area is 160 Å². The first kappa shape index (κ1) is 17.4. The number of aryl methyl sites for hydroxylation is 1. The van der Waals surface area contributed by atoms with Crippen LogP contribution in [0.3, 0.4) is 0 Å². The Morgan fingerprint density at radius 2 is 2.19 bits per heavy atom. The highest BCUT2D eigenvalue weighted by Gasteiger charge is 2.33. The summed E-state index contributed by atoms with van der Waals surface area (Å²) in [6.07, 6.45) is 6.74. The standard InChI is InChI=1S/C19H19N5O2S/c1-12-10-21-17(22-12)19(26)24-9-3-5-14(24)15-6-7-16(27-15)18(25)23-13-4-2-8-20-11-13/h2,4,6-8,10-11,14H,3,5,9H2,1H3,(H,21,22)(H,23,25)/t14-/m1/s1. The van der Waals surface area contributed by atoms with Crippen LogP contribution in [0.15, 0.2) is 42.9 Å². The number of amides is 2. The van der Waals surface area contributed by atoms with Crippen LogP contribution < -0.4 is 5.32 Å². The molecule has 0 aromatic carbocycles.